The van der Waals surface area contributed by atoms with Crippen molar-refractivity contribution < 1.29 is 67.4 Å². The average molecular weight is 1320 g/mol. The van der Waals surface area contributed by atoms with Crippen LogP contribution in [0.5, 0.6) is 0 Å². The van der Waals surface area contributed by atoms with Gasteiger partial charge in [-0.15, -0.1) is 0 Å². The maximum Gasteiger partial charge on any atom is 0.322 e. The Kier molecular flexibility index (Phi) is 38.0. The number of hydrogen-bond acceptors (Lipinski definition) is 20. The number of nitrogens with one attached hydrogen (secondary N) is 11. The maximum absolute atomic E-state index is 14.4. The highest BCUT2D eigenvalue weighted by atomic mass is 16.4. The second kappa shape index (κ2) is 44.2. The summed E-state index contributed by atoms with van der Waals surface area (Å²) < 4.78 is 0. The molecule has 0 spiro atoms. The van der Waals surface area contributed by atoms with Gasteiger partial charge < -0.3 is 120 Å². The van der Waals surface area contributed by atoms with Gasteiger partial charge in [0.15, 0.2) is 11.9 Å². The third kappa shape index (κ3) is 31.5. The number of amides is 12. The number of aromatic amines is 1. The smallest absolute Gasteiger partial charge is 0.322 e. The number of aromatic nitrogens is 2. The number of likely N-dealkylation sites (tertiary alicyclic amines) is 1. The Morgan fingerprint density at radius 2 is 0.978 bits per heavy atom. The van der Waals surface area contributed by atoms with Gasteiger partial charge in [-0.05, 0) is 110 Å². The highest BCUT2D eigenvalue weighted by Crippen LogP contribution is 2.19. The molecule has 522 valence electrons. The van der Waals surface area contributed by atoms with Crippen LogP contribution in [-0.4, -0.2) is 222 Å². The van der Waals surface area contributed by atoms with Gasteiger partial charge in [0.05, 0.1) is 25.8 Å². The van der Waals surface area contributed by atoms with E-state index in [4.69, 9.17) is 56.7 Å². The predicted octanol–water partition coefficient (Wildman–Crippen LogP) is -9.12. The average Bonchev–Trinajstić information content (AvgIpc) is 1.86. The van der Waals surface area contributed by atoms with Crippen molar-refractivity contribution in [3.63, 3.8) is 0 Å². The first-order chi connectivity index (χ1) is 44.3. The molecule has 38 nitrogen and oxygen atoms in total. The summed E-state index contributed by atoms with van der Waals surface area (Å²) in [6.45, 7) is 0.511. The van der Waals surface area contributed by atoms with Gasteiger partial charge in [0.25, 0.3) is 0 Å². The van der Waals surface area contributed by atoms with Crippen LogP contribution in [-0.2, 0) is 68.7 Å². The molecule has 0 saturated carbocycles. The zero-order chi connectivity index (χ0) is 69.4. The molecule has 93 heavy (non-hydrogen) atoms. The minimum absolute atomic E-state index is 0.0189. The molecule has 1 aromatic heterocycles. The first kappa shape index (κ1) is 79.8. The predicted molar refractivity (Wildman–Crippen MR) is 338 cm³/mol. The summed E-state index contributed by atoms with van der Waals surface area (Å²) >= 11 is 0. The molecule has 9 atom stereocenters. The van der Waals surface area contributed by atoms with E-state index in [1.165, 1.54) is 12.5 Å². The quantitative estimate of drug-likeness (QED) is 0.0164. The van der Waals surface area contributed by atoms with Crippen molar-refractivity contribution in [3.05, 3.63) is 18.2 Å². The van der Waals surface area contributed by atoms with Crippen LogP contribution in [0, 0.1) is 0 Å². The molecule has 1 aromatic rings. The maximum atomic E-state index is 14.4. The minimum atomic E-state index is -1.64. The van der Waals surface area contributed by atoms with Crippen LogP contribution < -0.4 is 105 Å². The summed E-state index contributed by atoms with van der Waals surface area (Å²) in [7, 11) is 0. The van der Waals surface area contributed by atoms with E-state index in [-0.39, 0.29) is 122 Å². The second-order valence-corrected chi connectivity index (χ2v) is 22.0. The van der Waals surface area contributed by atoms with E-state index >= 15 is 0 Å². The van der Waals surface area contributed by atoms with Crippen LogP contribution in [0.2, 0.25) is 0 Å². The number of carboxylic acid groups (broad SMARTS) is 1. The molecule has 0 unspecified atom stereocenters. The number of unbranched alkanes of at least 4 members (excludes halogenated alkanes) is 2. The molecule has 1 saturated heterocycles. The van der Waals surface area contributed by atoms with Crippen molar-refractivity contribution >= 4 is 88.8 Å². The van der Waals surface area contributed by atoms with Crippen molar-refractivity contribution in [1.29, 1.82) is 0 Å². The van der Waals surface area contributed by atoms with Gasteiger partial charge in [-0.25, -0.2) is 4.98 Å². The number of nitrogens with two attached hydrogens (primary N) is 9. The van der Waals surface area contributed by atoms with E-state index in [9.17, 15) is 62.3 Å². The first-order valence-corrected chi connectivity index (χ1v) is 30.9. The summed E-state index contributed by atoms with van der Waals surface area (Å²) in [6.07, 6.45) is 4.66. The van der Waals surface area contributed by atoms with Gasteiger partial charge in [0.2, 0.25) is 70.9 Å². The third-order valence-corrected chi connectivity index (χ3v) is 14.4. The lowest BCUT2D eigenvalue weighted by Gasteiger charge is -2.28. The number of primary amides is 1. The molecule has 1 fully saturated rings. The van der Waals surface area contributed by atoms with Gasteiger partial charge in [0.1, 0.15) is 60.9 Å². The zero-order valence-electron chi connectivity index (χ0n) is 52.7. The molecule has 0 aromatic carbocycles. The van der Waals surface area contributed by atoms with Gasteiger partial charge in [-0.2, -0.15) is 0 Å². The number of nitrogens with zero attached hydrogens (tertiary/aromatic N) is 4. The van der Waals surface area contributed by atoms with Crippen LogP contribution in [0.3, 0.4) is 0 Å². The number of carbonyl (C=O) groups excluding carboxylic acids is 12. The Hall–Kier alpha value is -9.30. The van der Waals surface area contributed by atoms with E-state index in [1.54, 1.807) is 0 Å². The Balaban J connectivity index is 2.41. The molecular formula is C55H98N24O14. The van der Waals surface area contributed by atoms with Crippen molar-refractivity contribution in [3.8, 4) is 0 Å². The summed E-state index contributed by atoms with van der Waals surface area (Å²) in [5, 5.41) is 34.4. The standard InChI is InChI=1S/C55H98N24O14/c1-2-3-11-34(73-49(89)37(16-9-22-67-55(63)64)76-50(90)36(15-8-21-66-54(61)62)75-47(87)33(12-4-5-18-56)71-42(81)26-59)48(88)74-35(14-7-20-58)51(91)77-38(24-31-27-65-30-70-31)46(86)68-28-43(82)79-23-10-17-40(79)53(93)78-39(25-41(60)80)52(92)72-32(13-6-19-57)45(85)69-29-44(83)84/h27,30,32-40H,2-26,28-29,56-59H2,1H3,(H2,60,80)(H,65,70)(H,68,86)(H,69,85)(H,71,81)(H,72,92)(H,73,89)(H,74,88)(H,75,87)(H,76,90)(H,77,91)(H,78,93)(H,83,84)(H4,61,62,66)(H4,63,64,67)/t32-,33-,34-,35-,36-,37-,38-,39-,40-/m0/s1. The number of carbonyl (C=O) groups is 13. The summed E-state index contributed by atoms with van der Waals surface area (Å²) in [4.78, 5) is 191. The molecule has 38 heteroatoms. The van der Waals surface area contributed by atoms with Crippen molar-refractivity contribution in [2.24, 2.45) is 61.6 Å². The molecular weight excluding hydrogens is 1220 g/mol. The number of guanidine groups is 2. The number of imidazole rings is 1. The molecule has 2 heterocycles. The Bertz CT molecular complexity index is 2670. The molecule has 0 radical (unpaired) electrons. The minimum Gasteiger partial charge on any atom is -0.480 e. The lowest BCUT2D eigenvalue weighted by atomic mass is 10.0. The van der Waals surface area contributed by atoms with Crippen LogP contribution in [0.25, 0.3) is 0 Å². The van der Waals surface area contributed by atoms with Crippen LogP contribution in [0.1, 0.15) is 122 Å². The molecule has 1 aliphatic rings. The van der Waals surface area contributed by atoms with Crippen molar-refractivity contribution in [1.82, 2.24) is 68.0 Å². The molecule has 0 aliphatic carbocycles. The zero-order valence-corrected chi connectivity index (χ0v) is 52.7. The number of aliphatic carboxylic acids is 1. The van der Waals surface area contributed by atoms with E-state index < -0.39 is 157 Å². The Morgan fingerprint density at radius 1 is 0.548 bits per heavy atom. The van der Waals surface area contributed by atoms with Crippen molar-refractivity contribution in [2.45, 2.75) is 177 Å². The van der Waals surface area contributed by atoms with Crippen LogP contribution >= 0.6 is 0 Å². The van der Waals surface area contributed by atoms with Gasteiger partial charge >= 0.3 is 5.97 Å². The van der Waals surface area contributed by atoms with E-state index in [0.29, 0.717) is 44.3 Å². The summed E-state index contributed by atoms with van der Waals surface area (Å²) in [5.74, 6) is -12.0. The number of H-pyrrole nitrogens is 1. The second-order valence-electron chi connectivity index (χ2n) is 22.0. The van der Waals surface area contributed by atoms with Crippen LogP contribution in [0.4, 0.5) is 0 Å². The SMILES string of the molecule is CCCC[C@H](NC(=O)[C@H](CCCN=C(N)N)NC(=O)[C@H](CCCN=C(N)N)NC(=O)[C@H](CCCCN)NC(=O)CN)C(=O)N[C@@H](CCCN)C(=O)N[C@@H](Cc1cnc[nH]1)C(=O)NCC(=O)N1CCC[C@H]1C(=O)N[C@@H](CC(N)=O)C(=O)N[C@@H](CCCN)C(=O)NCC(=O)O. The molecule has 12 amide bonds. The highest BCUT2D eigenvalue weighted by molar-refractivity contribution is 5.99. The molecule has 1 aliphatic heterocycles. The largest absolute Gasteiger partial charge is 0.480 e. The van der Waals surface area contributed by atoms with Gasteiger partial charge in [0, 0.05) is 37.9 Å². The topological polar surface area (TPSA) is 653 Å². The highest BCUT2D eigenvalue weighted by Gasteiger charge is 2.39. The van der Waals surface area contributed by atoms with E-state index in [0.717, 1.165) is 4.90 Å². The normalized spacial score (nSPS) is 15.1. The van der Waals surface area contributed by atoms with Gasteiger partial charge in [-0.3, -0.25) is 72.3 Å². The fourth-order valence-electron chi connectivity index (χ4n) is 9.57. The Morgan fingerprint density at radius 3 is 1.42 bits per heavy atom. The first-order valence-electron chi connectivity index (χ1n) is 30.9. The van der Waals surface area contributed by atoms with Crippen molar-refractivity contribution in [2.75, 3.05) is 58.9 Å². The molecule has 0 bridgehead atoms. The third-order valence-electron chi connectivity index (χ3n) is 14.4. The summed E-state index contributed by atoms with van der Waals surface area (Å²) in [5.41, 5.74) is 50.5. The number of aliphatic imine (C=N–C) groups is 2. The number of carboxylic acids is 1. The summed E-state index contributed by atoms with van der Waals surface area (Å²) in [6, 6.07) is -12.2. The monoisotopic (exact) mass is 1320 g/mol. The fraction of sp³-hybridized carbons (Fsp3) is 0.673. The van der Waals surface area contributed by atoms with E-state index in [2.05, 4.69) is 73.1 Å². The molecule has 30 N–H and O–H groups in total. The van der Waals surface area contributed by atoms with Gasteiger partial charge in [-0.1, -0.05) is 19.8 Å². The van der Waals surface area contributed by atoms with Crippen LogP contribution in [0.15, 0.2) is 22.5 Å². The van der Waals surface area contributed by atoms with E-state index in [1.807, 2.05) is 6.92 Å². The number of rotatable bonds is 47. The molecule has 2 rings (SSSR count). The lowest BCUT2D eigenvalue weighted by molar-refractivity contribution is -0.140. The fourth-order valence-corrected chi connectivity index (χ4v) is 9.57. The number of hydrogen-bond donors (Lipinski definition) is 21. The Labute approximate surface area is 538 Å². The lowest BCUT2D eigenvalue weighted by Crippen LogP contribution is -2.60.